The molecule has 6 nitrogen and oxygen atoms in total. The van der Waals surface area contributed by atoms with Gasteiger partial charge in [-0.2, -0.15) is 0 Å². The second kappa shape index (κ2) is 9.13. The summed E-state index contributed by atoms with van der Waals surface area (Å²) in [5.41, 5.74) is 2.86. The van der Waals surface area contributed by atoms with Crippen LogP contribution in [0, 0.1) is 0 Å². The number of ether oxygens (including phenoxy) is 1. The SMILES string of the molecule is COc1ccc(-n2c(SCc3cc(-c4ccc(Cl)cc4)no3)nc3ccccc3c2=O)cc1. The van der Waals surface area contributed by atoms with Crippen LogP contribution in [-0.4, -0.2) is 21.8 Å². The molecule has 5 rings (SSSR count). The van der Waals surface area contributed by atoms with Crippen LogP contribution in [-0.2, 0) is 5.75 Å². The third-order valence-electron chi connectivity index (χ3n) is 5.12. The number of rotatable bonds is 6. The largest absolute Gasteiger partial charge is 0.497 e. The van der Waals surface area contributed by atoms with Crippen molar-refractivity contribution in [3.63, 3.8) is 0 Å². The minimum Gasteiger partial charge on any atom is -0.497 e. The number of halogens is 1. The zero-order valence-corrected chi connectivity index (χ0v) is 19.1. The van der Waals surface area contributed by atoms with Gasteiger partial charge in [0.25, 0.3) is 5.56 Å². The third-order valence-corrected chi connectivity index (χ3v) is 6.33. The van der Waals surface area contributed by atoms with Crippen molar-refractivity contribution >= 4 is 34.3 Å². The number of hydrogen-bond donors (Lipinski definition) is 0. The van der Waals surface area contributed by atoms with Crippen molar-refractivity contribution in [2.24, 2.45) is 0 Å². The fourth-order valence-electron chi connectivity index (χ4n) is 3.44. The molecule has 5 aromatic rings. The molecule has 0 fully saturated rings. The normalized spacial score (nSPS) is 11.1. The standard InChI is InChI=1S/C25H18ClN3O3S/c1-31-19-12-10-18(11-13-19)29-24(30)21-4-2-3-5-22(21)27-25(29)33-15-20-14-23(28-32-20)16-6-8-17(26)9-7-16/h2-14H,15H2,1H3. The molecule has 33 heavy (non-hydrogen) atoms. The molecule has 0 N–H and O–H groups in total. The molecule has 0 aliphatic rings. The van der Waals surface area contributed by atoms with Crippen molar-refractivity contribution in [2.75, 3.05) is 7.11 Å². The Morgan fingerprint density at radius 3 is 2.55 bits per heavy atom. The molecule has 0 aliphatic heterocycles. The molecule has 0 bridgehead atoms. The molecule has 164 valence electrons. The summed E-state index contributed by atoms with van der Waals surface area (Å²) in [6, 6.07) is 23.9. The minimum absolute atomic E-state index is 0.132. The van der Waals surface area contributed by atoms with Gasteiger partial charge in [-0.15, -0.1) is 0 Å². The van der Waals surface area contributed by atoms with Crippen molar-refractivity contribution in [1.82, 2.24) is 14.7 Å². The first-order chi connectivity index (χ1) is 16.1. The molecule has 3 aromatic carbocycles. The molecule has 0 aliphatic carbocycles. The summed E-state index contributed by atoms with van der Waals surface area (Å²) in [6.07, 6.45) is 0. The second-order valence-corrected chi connectivity index (χ2v) is 8.60. The van der Waals surface area contributed by atoms with E-state index >= 15 is 0 Å². The van der Waals surface area contributed by atoms with Crippen molar-refractivity contribution in [3.05, 3.63) is 100.0 Å². The lowest BCUT2D eigenvalue weighted by molar-refractivity contribution is 0.397. The zero-order valence-electron chi connectivity index (χ0n) is 17.6. The highest BCUT2D eigenvalue weighted by Crippen LogP contribution is 2.28. The van der Waals surface area contributed by atoms with E-state index in [1.54, 1.807) is 17.7 Å². The number of aromatic nitrogens is 3. The van der Waals surface area contributed by atoms with Crippen molar-refractivity contribution < 1.29 is 9.26 Å². The Kier molecular flexibility index (Phi) is 5.90. The highest BCUT2D eigenvalue weighted by Gasteiger charge is 2.15. The highest BCUT2D eigenvalue weighted by molar-refractivity contribution is 7.98. The molecule has 2 aromatic heterocycles. The van der Waals surface area contributed by atoms with Crippen LogP contribution in [0.4, 0.5) is 0 Å². The van der Waals surface area contributed by atoms with Crippen LogP contribution in [0.3, 0.4) is 0 Å². The van der Waals surface area contributed by atoms with Gasteiger partial charge in [0.2, 0.25) is 0 Å². The average Bonchev–Trinajstić information content (AvgIpc) is 3.32. The first-order valence-corrected chi connectivity index (χ1v) is 11.5. The first-order valence-electron chi connectivity index (χ1n) is 10.1. The summed E-state index contributed by atoms with van der Waals surface area (Å²) in [6.45, 7) is 0. The number of para-hydroxylation sites is 1. The summed E-state index contributed by atoms with van der Waals surface area (Å²) < 4.78 is 12.4. The van der Waals surface area contributed by atoms with Gasteiger partial charge in [0.15, 0.2) is 5.16 Å². The number of nitrogens with zero attached hydrogens (tertiary/aromatic N) is 3. The van der Waals surface area contributed by atoms with Crippen LogP contribution in [0.15, 0.2) is 93.3 Å². The van der Waals surface area contributed by atoms with Crippen molar-refractivity contribution in [3.8, 4) is 22.7 Å². The third kappa shape index (κ3) is 4.37. The van der Waals surface area contributed by atoms with E-state index in [4.69, 9.17) is 25.8 Å². The lowest BCUT2D eigenvalue weighted by atomic mass is 10.1. The molecule has 0 radical (unpaired) electrons. The Balaban J connectivity index is 1.49. The molecule has 0 atom stereocenters. The molecule has 0 unspecified atom stereocenters. The fraction of sp³-hybridized carbons (Fsp3) is 0.0800. The number of fused-ring (bicyclic) bond motifs is 1. The van der Waals surface area contributed by atoms with E-state index in [0.29, 0.717) is 44.0 Å². The molecule has 8 heteroatoms. The molecule has 0 saturated carbocycles. The maximum Gasteiger partial charge on any atom is 0.266 e. The smallest absolute Gasteiger partial charge is 0.266 e. The Bertz CT molecular complexity index is 1480. The molecule has 0 spiro atoms. The number of hydrogen-bond acceptors (Lipinski definition) is 6. The second-order valence-electron chi connectivity index (χ2n) is 7.22. The van der Waals surface area contributed by atoms with Gasteiger partial charge in [-0.3, -0.25) is 9.36 Å². The predicted octanol–water partition coefficient (Wildman–Crippen LogP) is 6.00. The number of benzene rings is 3. The Labute approximate surface area is 198 Å². The maximum atomic E-state index is 13.4. The van der Waals surface area contributed by atoms with Gasteiger partial charge in [0, 0.05) is 16.7 Å². The summed E-state index contributed by atoms with van der Waals surface area (Å²) in [7, 11) is 1.61. The van der Waals surface area contributed by atoms with Gasteiger partial charge in [-0.1, -0.05) is 52.8 Å². The van der Waals surface area contributed by atoms with E-state index in [9.17, 15) is 4.79 Å². The van der Waals surface area contributed by atoms with E-state index in [1.807, 2.05) is 72.8 Å². The Hall–Kier alpha value is -3.55. The number of thioether (sulfide) groups is 1. The van der Waals surface area contributed by atoms with Crippen LogP contribution in [0.5, 0.6) is 5.75 Å². The van der Waals surface area contributed by atoms with Gasteiger partial charge in [0.05, 0.1) is 29.5 Å². The van der Waals surface area contributed by atoms with Crippen LogP contribution in [0.1, 0.15) is 5.76 Å². The van der Waals surface area contributed by atoms with Crippen molar-refractivity contribution in [1.29, 1.82) is 0 Å². The van der Waals surface area contributed by atoms with Crippen LogP contribution < -0.4 is 10.3 Å². The van der Waals surface area contributed by atoms with E-state index in [-0.39, 0.29) is 5.56 Å². The summed E-state index contributed by atoms with van der Waals surface area (Å²) in [5, 5.41) is 5.95. The lowest BCUT2D eigenvalue weighted by Crippen LogP contribution is -2.21. The predicted molar refractivity (Wildman–Crippen MR) is 130 cm³/mol. The summed E-state index contributed by atoms with van der Waals surface area (Å²) in [4.78, 5) is 18.1. The Morgan fingerprint density at radius 2 is 1.79 bits per heavy atom. The van der Waals surface area contributed by atoms with E-state index in [0.717, 1.165) is 11.3 Å². The maximum absolute atomic E-state index is 13.4. The molecule has 2 heterocycles. The zero-order chi connectivity index (χ0) is 22.8. The van der Waals surface area contributed by atoms with Gasteiger partial charge in [-0.05, 0) is 48.5 Å². The quantitative estimate of drug-likeness (QED) is 0.222. The molecular weight excluding hydrogens is 458 g/mol. The molecule has 0 amide bonds. The summed E-state index contributed by atoms with van der Waals surface area (Å²) in [5.74, 6) is 1.85. The topological polar surface area (TPSA) is 70.2 Å². The number of methoxy groups -OCH3 is 1. The monoisotopic (exact) mass is 475 g/mol. The van der Waals surface area contributed by atoms with Gasteiger partial charge in [-0.25, -0.2) is 4.98 Å². The average molecular weight is 476 g/mol. The van der Waals surface area contributed by atoms with Crippen LogP contribution in [0.2, 0.25) is 5.02 Å². The molecule has 0 saturated heterocycles. The van der Waals surface area contributed by atoms with Crippen molar-refractivity contribution in [2.45, 2.75) is 10.9 Å². The summed E-state index contributed by atoms with van der Waals surface area (Å²) >= 11 is 7.38. The molecular formula is C25H18ClN3O3S. The van der Waals surface area contributed by atoms with Gasteiger partial charge < -0.3 is 9.26 Å². The lowest BCUT2D eigenvalue weighted by Gasteiger charge is -2.13. The Morgan fingerprint density at radius 1 is 1.03 bits per heavy atom. The van der Waals surface area contributed by atoms with Crippen LogP contribution >= 0.6 is 23.4 Å². The minimum atomic E-state index is -0.132. The van der Waals surface area contributed by atoms with E-state index < -0.39 is 0 Å². The highest BCUT2D eigenvalue weighted by atomic mass is 35.5. The van der Waals surface area contributed by atoms with Crippen LogP contribution in [0.25, 0.3) is 27.8 Å². The fourth-order valence-corrected chi connectivity index (χ4v) is 4.46. The van der Waals surface area contributed by atoms with E-state index in [2.05, 4.69) is 5.16 Å². The van der Waals surface area contributed by atoms with Gasteiger partial charge in [0.1, 0.15) is 17.2 Å². The van der Waals surface area contributed by atoms with Gasteiger partial charge >= 0.3 is 0 Å². The van der Waals surface area contributed by atoms with E-state index in [1.165, 1.54) is 11.8 Å². The first kappa shape index (κ1) is 21.3.